The lowest BCUT2D eigenvalue weighted by Gasteiger charge is -2.15. The Balaban J connectivity index is 3.61. The number of nitrogens with two attached hydrogens (primary N) is 2. The standard InChI is InChI=1S/C14H28N4O2/c1-2-3-4-5-6-7-8-9-10-11-12(19)18(13(15)16)14(17)20/h2-11H2,1H3,(H3,15,16)(H2,17,20). The minimum absolute atomic E-state index is 0.207. The maximum atomic E-state index is 11.6. The van der Waals surface area contributed by atoms with Gasteiger partial charge in [0, 0.05) is 6.42 Å². The lowest BCUT2D eigenvalue weighted by Crippen LogP contribution is -2.48. The Labute approximate surface area is 121 Å². The van der Waals surface area contributed by atoms with Crippen LogP contribution >= 0.6 is 0 Å². The Morgan fingerprint density at radius 1 is 0.900 bits per heavy atom. The van der Waals surface area contributed by atoms with Crippen molar-refractivity contribution >= 4 is 17.9 Å². The van der Waals surface area contributed by atoms with E-state index in [1.807, 2.05) is 0 Å². The van der Waals surface area contributed by atoms with Gasteiger partial charge >= 0.3 is 6.03 Å². The van der Waals surface area contributed by atoms with Crippen LogP contribution < -0.4 is 11.5 Å². The molecule has 0 aromatic heterocycles. The molecule has 0 saturated heterocycles. The summed E-state index contributed by atoms with van der Waals surface area (Å²) in [6.45, 7) is 2.20. The number of carbonyl (C=O) groups excluding carboxylic acids is 2. The number of urea groups is 1. The first-order valence-electron chi connectivity index (χ1n) is 7.47. The van der Waals surface area contributed by atoms with Gasteiger partial charge in [0.1, 0.15) is 0 Å². The second-order valence-corrected chi connectivity index (χ2v) is 5.03. The molecule has 0 aliphatic heterocycles. The quantitative estimate of drug-likeness (QED) is 0.325. The summed E-state index contributed by atoms with van der Waals surface area (Å²) in [5, 5.41) is 7.12. The molecule has 0 aromatic carbocycles. The molecule has 6 heteroatoms. The van der Waals surface area contributed by atoms with Crippen LogP contribution in [0, 0.1) is 5.41 Å². The van der Waals surface area contributed by atoms with E-state index >= 15 is 0 Å². The van der Waals surface area contributed by atoms with E-state index in [-0.39, 0.29) is 6.42 Å². The Kier molecular flexibility index (Phi) is 10.4. The Morgan fingerprint density at radius 2 is 1.35 bits per heavy atom. The molecule has 0 unspecified atom stereocenters. The highest BCUT2D eigenvalue weighted by Gasteiger charge is 2.20. The minimum atomic E-state index is -0.988. The van der Waals surface area contributed by atoms with Gasteiger partial charge in [0.05, 0.1) is 0 Å². The Morgan fingerprint density at radius 3 is 1.75 bits per heavy atom. The molecule has 0 radical (unpaired) electrons. The van der Waals surface area contributed by atoms with E-state index in [0.717, 1.165) is 12.8 Å². The fourth-order valence-corrected chi connectivity index (χ4v) is 2.07. The number of primary amides is 1. The molecule has 0 heterocycles. The summed E-state index contributed by atoms with van der Waals surface area (Å²) in [7, 11) is 0. The van der Waals surface area contributed by atoms with Crippen molar-refractivity contribution in [2.75, 3.05) is 0 Å². The number of unbranched alkanes of at least 4 members (excludes halogenated alkanes) is 8. The fraction of sp³-hybridized carbons (Fsp3) is 0.786. The maximum absolute atomic E-state index is 11.6. The van der Waals surface area contributed by atoms with E-state index in [0.29, 0.717) is 11.3 Å². The Bertz CT molecular complexity index is 304. The number of nitrogens with zero attached hydrogens (tertiary/aromatic N) is 1. The van der Waals surface area contributed by atoms with Gasteiger partial charge in [0.2, 0.25) is 11.9 Å². The van der Waals surface area contributed by atoms with Crippen LogP contribution in [0.2, 0.25) is 0 Å². The SMILES string of the molecule is CCCCCCCCCCCC(=O)N(C(=N)N)C(N)=O. The van der Waals surface area contributed by atoms with Crippen molar-refractivity contribution in [2.45, 2.75) is 71.1 Å². The van der Waals surface area contributed by atoms with Crippen molar-refractivity contribution < 1.29 is 9.59 Å². The molecule has 6 nitrogen and oxygen atoms in total. The zero-order chi connectivity index (χ0) is 15.4. The number of guanidine groups is 1. The van der Waals surface area contributed by atoms with Gasteiger partial charge in [-0.1, -0.05) is 58.3 Å². The van der Waals surface area contributed by atoms with Crippen LogP contribution in [0.25, 0.3) is 0 Å². The number of rotatable bonds is 10. The lowest BCUT2D eigenvalue weighted by atomic mass is 10.1. The third kappa shape index (κ3) is 8.50. The van der Waals surface area contributed by atoms with E-state index < -0.39 is 17.9 Å². The van der Waals surface area contributed by atoms with Gasteiger partial charge in [-0.15, -0.1) is 0 Å². The number of amides is 3. The molecule has 0 spiro atoms. The largest absolute Gasteiger partial charge is 0.369 e. The van der Waals surface area contributed by atoms with Gasteiger partial charge in [-0.3, -0.25) is 10.2 Å². The van der Waals surface area contributed by atoms with Crippen LogP contribution in [0.3, 0.4) is 0 Å². The molecule has 0 aromatic rings. The summed E-state index contributed by atoms with van der Waals surface area (Å²) >= 11 is 0. The van der Waals surface area contributed by atoms with Crippen molar-refractivity contribution in [1.82, 2.24) is 4.90 Å². The van der Waals surface area contributed by atoms with Crippen molar-refractivity contribution in [3.05, 3.63) is 0 Å². The highest BCUT2D eigenvalue weighted by atomic mass is 16.2. The molecule has 0 saturated carbocycles. The van der Waals surface area contributed by atoms with Crippen molar-refractivity contribution in [1.29, 1.82) is 5.41 Å². The molecule has 20 heavy (non-hydrogen) atoms. The van der Waals surface area contributed by atoms with E-state index in [1.165, 1.54) is 38.5 Å². The van der Waals surface area contributed by atoms with Gasteiger partial charge in [0.25, 0.3) is 0 Å². The zero-order valence-corrected chi connectivity index (χ0v) is 12.5. The fourth-order valence-electron chi connectivity index (χ4n) is 2.07. The molecular weight excluding hydrogens is 256 g/mol. The van der Waals surface area contributed by atoms with Crippen LogP contribution in [0.5, 0.6) is 0 Å². The Hall–Kier alpha value is -1.59. The van der Waals surface area contributed by atoms with Crippen molar-refractivity contribution in [3.8, 4) is 0 Å². The van der Waals surface area contributed by atoms with Crippen LogP contribution in [-0.2, 0) is 4.79 Å². The van der Waals surface area contributed by atoms with Crippen LogP contribution in [0.4, 0.5) is 4.79 Å². The van der Waals surface area contributed by atoms with Crippen molar-refractivity contribution in [2.24, 2.45) is 11.5 Å². The molecule has 0 bridgehead atoms. The normalized spacial score (nSPS) is 10.2. The van der Waals surface area contributed by atoms with Crippen LogP contribution in [-0.4, -0.2) is 22.8 Å². The van der Waals surface area contributed by atoms with E-state index in [1.54, 1.807) is 0 Å². The lowest BCUT2D eigenvalue weighted by molar-refractivity contribution is -0.125. The molecule has 0 atom stereocenters. The molecule has 0 aliphatic carbocycles. The summed E-state index contributed by atoms with van der Waals surface area (Å²) in [5.74, 6) is -1.11. The smallest absolute Gasteiger partial charge is 0.328 e. The molecule has 0 fully saturated rings. The summed E-state index contributed by atoms with van der Waals surface area (Å²) in [5.41, 5.74) is 10.1. The van der Waals surface area contributed by atoms with Gasteiger partial charge in [-0.2, -0.15) is 0 Å². The number of hydrogen-bond acceptors (Lipinski definition) is 3. The second-order valence-electron chi connectivity index (χ2n) is 5.03. The number of nitrogens with one attached hydrogen (secondary N) is 1. The van der Waals surface area contributed by atoms with E-state index in [2.05, 4.69) is 6.92 Å². The van der Waals surface area contributed by atoms with E-state index in [4.69, 9.17) is 16.9 Å². The predicted octanol–water partition coefficient (Wildman–Crippen LogP) is 2.71. The van der Waals surface area contributed by atoms with E-state index in [9.17, 15) is 9.59 Å². The first-order chi connectivity index (χ1) is 9.50. The second kappa shape index (κ2) is 11.3. The summed E-state index contributed by atoms with van der Waals surface area (Å²) in [6, 6.07) is -0.988. The summed E-state index contributed by atoms with van der Waals surface area (Å²) in [6.07, 6.45) is 10.5. The van der Waals surface area contributed by atoms with Gasteiger partial charge < -0.3 is 11.5 Å². The number of carbonyl (C=O) groups is 2. The topological polar surface area (TPSA) is 113 Å². The summed E-state index contributed by atoms with van der Waals surface area (Å²) < 4.78 is 0. The highest BCUT2D eigenvalue weighted by Crippen LogP contribution is 2.11. The minimum Gasteiger partial charge on any atom is -0.369 e. The monoisotopic (exact) mass is 284 g/mol. The van der Waals surface area contributed by atoms with Crippen LogP contribution in [0.1, 0.15) is 71.1 Å². The first-order valence-corrected chi connectivity index (χ1v) is 7.47. The molecule has 0 rings (SSSR count). The molecule has 0 aliphatic rings. The number of hydrogen-bond donors (Lipinski definition) is 3. The number of imide groups is 1. The van der Waals surface area contributed by atoms with Crippen molar-refractivity contribution in [3.63, 3.8) is 0 Å². The van der Waals surface area contributed by atoms with Crippen LogP contribution in [0.15, 0.2) is 0 Å². The average molecular weight is 284 g/mol. The molecular formula is C14H28N4O2. The highest BCUT2D eigenvalue weighted by molar-refractivity contribution is 6.09. The third-order valence-corrected chi connectivity index (χ3v) is 3.20. The van der Waals surface area contributed by atoms with Gasteiger partial charge in [-0.25, -0.2) is 9.69 Å². The third-order valence-electron chi connectivity index (χ3n) is 3.20. The molecule has 5 N–H and O–H groups in total. The predicted molar refractivity (Wildman–Crippen MR) is 80.2 cm³/mol. The molecule has 3 amide bonds. The first kappa shape index (κ1) is 18.4. The van der Waals surface area contributed by atoms with Gasteiger partial charge in [-0.05, 0) is 6.42 Å². The molecule has 116 valence electrons. The summed E-state index contributed by atoms with van der Waals surface area (Å²) in [4.78, 5) is 23.1. The van der Waals surface area contributed by atoms with Gasteiger partial charge in [0.15, 0.2) is 0 Å². The maximum Gasteiger partial charge on any atom is 0.328 e. The average Bonchev–Trinajstić information content (AvgIpc) is 2.36. The zero-order valence-electron chi connectivity index (χ0n) is 12.5.